The van der Waals surface area contributed by atoms with Gasteiger partial charge in [-0.1, -0.05) is 28.0 Å². The van der Waals surface area contributed by atoms with Crippen molar-refractivity contribution in [3.63, 3.8) is 0 Å². The van der Waals surface area contributed by atoms with Gasteiger partial charge in [0.15, 0.2) is 0 Å². The van der Waals surface area contributed by atoms with Gasteiger partial charge in [0.2, 0.25) is 0 Å². The molecule has 0 N–H and O–H groups in total. The fourth-order valence-corrected chi connectivity index (χ4v) is 5.70. The zero-order valence-electron chi connectivity index (χ0n) is 16.7. The highest BCUT2D eigenvalue weighted by Crippen LogP contribution is 2.39. The molecular weight excluding hydrogens is 412 g/mol. The number of aldehydes is 1. The Balaban J connectivity index is 1.32. The van der Waals surface area contributed by atoms with Crippen molar-refractivity contribution in [3.05, 3.63) is 29.8 Å². The first-order chi connectivity index (χ1) is 14.3. The van der Waals surface area contributed by atoms with Crippen LogP contribution in [0.15, 0.2) is 24.3 Å². The number of hydrogen-bond acceptors (Lipinski definition) is 8. The Morgan fingerprint density at radius 3 is 2.41 bits per heavy atom. The predicted octanol–water partition coefficient (Wildman–Crippen LogP) is 4.17. The number of carbonyl (C=O) groups excluding carboxylic acids is 2. The van der Waals surface area contributed by atoms with E-state index in [2.05, 4.69) is 0 Å². The Morgan fingerprint density at radius 1 is 1.00 bits per heavy atom. The van der Waals surface area contributed by atoms with E-state index in [9.17, 15) is 9.59 Å². The lowest BCUT2D eigenvalue weighted by Gasteiger charge is -2.09. The topological polar surface area (TPSA) is 71.1 Å². The van der Waals surface area contributed by atoms with Gasteiger partial charge < -0.3 is 18.9 Å². The molecule has 1 atom stereocenters. The molecule has 0 amide bonds. The van der Waals surface area contributed by atoms with Crippen molar-refractivity contribution in [1.82, 2.24) is 0 Å². The third kappa shape index (κ3) is 11.5. The third-order valence-electron chi connectivity index (χ3n) is 4.26. The summed E-state index contributed by atoms with van der Waals surface area (Å²) in [7, 11) is 3.94. The molecule has 0 aromatic heterocycles. The van der Waals surface area contributed by atoms with Crippen LogP contribution in [0.2, 0.25) is 0 Å². The van der Waals surface area contributed by atoms with E-state index in [-0.39, 0.29) is 12.6 Å². The lowest BCUT2D eigenvalue weighted by atomic mass is 10.1. The monoisotopic (exact) mass is 442 g/mol. The van der Waals surface area contributed by atoms with Gasteiger partial charge in [-0.2, -0.15) is 0 Å². The third-order valence-corrected chi connectivity index (χ3v) is 7.27. The highest BCUT2D eigenvalue weighted by Gasteiger charge is 2.15. The summed E-state index contributed by atoms with van der Waals surface area (Å²) in [5, 5.41) is 0.771. The van der Waals surface area contributed by atoms with Crippen LogP contribution in [0, 0.1) is 0 Å². The van der Waals surface area contributed by atoms with Crippen LogP contribution in [-0.2, 0) is 19.0 Å². The molecule has 1 unspecified atom stereocenters. The molecule has 0 bridgehead atoms. The normalized spacial score (nSPS) is 15.9. The minimum atomic E-state index is -0.142. The second-order valence-electron chi connectivity index (χ2n) is 6.56. The minimum absolute atomic E-state index is 0.142. The van der Waals surface area contributed by atoms with Crippen LogP contribution in [0.3, 0.4) is 0 Å². The predicted molar refractivity (Wildman–Crippen MR) is 117 cm³/mol. The Hall–Kier alpha value is -1.22. The molecule has 2 rings (SSSR count). The summed E-state index contributed by atoms with van der Waals surface area (Å²) in [6.45, 7) is 2.45. The first kappa shape index (κ1) is 24.1. The fraction of sp³-hybridized carbons (Fsp3) is 0.619. The van der Waals surface area contributed by atoms with Gasteiger partial charge >= 0.3 is 5.97 Å². The van der Waals surface area contributed by atoms with Crippen LogP contribution in [0.4, 0.5) is 0 Å². The first-order valence-electron chi connectivity index (χ1n) is 10.1. The smallest absolute Gasteiger partial charge is 0.305 e. The summed E-state index contributed by atoms with van der Waals surface area (Å²) in [5.74, 6) is 1.82. The Kier molecular flexibility index (Phi) is 12.9. The van der Waals surface area contributed by atoms with E-state index in [1.54, 1.807) is 24.3 Å². The van der Waals surface area contributed by atoms with Gasteiger partial charge in [0.05, 0.1) is 26.4 Å². The zero-order valence-corrected chi connectivity index (χ0v) is 18.3. The lowest BCUT2D eigenvalue weighted by Crippen LogP contribution is -2.14. The molecule has 6 nitrogen and oxygen atoms in total. The highest BCUT2D eigenvalue weighted by atomic mass is 33.1. The molecule has 8 heteroatoms. The van der Waals surface area contributed by atoms with Crippen molar-refractivity contribution in [1.29, 1.82) is 0 Å². The minimum Gasteiger partial charge on any atom is -0.491 e. The molecule has 1 aromatic carbocycles. The molecule has 1 fully saturated rings. The molecule has 0 radical (unpaired) electrons. The molecule has 1 saturated heterocycles. The number of esters is 1. The maximum atomic E-state index is 11.7. The van der Waals surface area contributed by atoms with Gasteiger partial charge in [-0.05, 0) is 43.5 Å². The van der Waals surface area contributed by atoms with E-state index < -0.39 is 0 Å². The number of rotatable bonds is 16. The fourth-order valence-electron chi connectivity index (χ4n) is 2.68. The second-order valence-corrected chi connectivity index (χ2v) is 9.34. The Bertz CT molecular complexity index is 575. The molecule has 162 valence electrons. The number of ether oxygens (including phenoxy) is 4. The van der Waals surface area contributed by atoms with Crippen molar-refractivity contribution < 1.29 is 28.5 Å². The molecule has 0 saturated carbocycles. The molecule has 29 heavy (non-hydrogen) atoms. The van der Waals surface area contributed by atoms with Crippen LogP contribution >= 0.6 is 21.6 Å². The van der Waals surface area contributed by atoms with Crippen LogP contribution in [0.5, 0.6) is 5.75 Å². The molecular formula is C21H30O6S2. The van der Waals surface area contributed by atoms with Crippen molar-refractivity contribution in [2.75, 3.05) is 45.4 Å². The van der Waals surface area contributed by atoms with Crippen LogP contribution in [0.25, 0.3) is 0 Å². The van der Waals surface area contributed by atoms with E-state index in [4.69, 9.17) is 18.9 Å². The van der Waals surface area contributed by atoms with E-state index >= 15 is 0 Å². The first-order valence-corrected chi connectivity index (χ1v) is 12.4. The van der Waals surface area contributed by atoms with Crippen molar-refractivity contribution in [2.45, 2.75) is 37.4 Å². The Morgan fingerprint density at radius 2 is 1.72 bits per heavy atom. The van der Waals surface area contributed by atoms with Gasteiger partial charge in [0.25, 0.3) is 0 Å². The van der Waals surface area contributed by atoms with Crippen molar-refractivity contribution in [3.8, 4) is 5.75 Å². The van der Waals surface area contributed by atoms with Crippen molar-refractivity contribution in [2.24, 2.45) is 0 Å². The van der Waals surface area contributed by atoms with E-state index in [0.29, 0.717) is 50.8 Å². The standard InChI is InChI=1S/C21H30O6S2/c22-17-18-5-7-19(8-6-18)26-14-12-24-10-11-25-13-15-27-21(23)4-2-1-3-20-9-16-28-29-20/h5-8,17,20H,1-4,9-16H2. The average Bonchev–Trinajstić information content (AvgIpc) is 3.26. The van der Waals surface area contributed by atoms with Gasteiger partial charge in [0, 0.05) is 23.0 Å². The quantitative estimate of drug-likeness (QED) is 0.164. The lowest BCUT2D eigenvalue weighted by molar-refractivity contribution is -0.145. The van der Waals surface area contributed by atoms with E-state index in [0.717, 1.165) is 24.4 Å². The molecule has 1 aliphatic heterocycles. The molecule has 1 heterocycles. The van der Waals surface area contributed by atoms with E-state index in [1.165, 1.54) is 18.6 Å². The highest BCUT2D eigenvalue weighted by molar-refractivity contribution is 8.77. The Labute approximate surface area is 180 Å². The zero-order chi connectivity index (χ0) is 20.6. The summed E-state index contributed by atoms with van der Waals surface area (Å²) >= 11 is 0. The van der Waals surface area contributed by atoms with Crippen LogP contribution in [0.1, 0.15) is 42.5 Å². The van der Waals surface area contributed by atoms with Gasteiger partial charge in [-0.25, -0.2) is 0 Å². The summed E-state index contributed by atoms with van der Waals surface area (Å²) in [6.07, 6.45) is 5.78. The maximum absolute atomic E-state index is 11.7. The van der Waals surface area contributed by atoms with E-state index in [1.807, 2.05) is 21.6 Å². The summed E-state index contributed by atoms with van der Waals surface area (Å²) in [4.78, 5) is 22.2. The number of carbonyl (C=O) groups is 2. The second kappa shape index (κ2) is 15.6. The summed E-state index contributed by atoms with van der Waals surface area (Å²) in [5.41, 5.74) is 0.620. The summed E-state index contributed by atoms with van der Waals surface area (Å²) < 4.78 is 21.5. The van der Waals surface area contributed by atoms with Gasteiger partial charge in [-0.3, -0.25) is 9.59 Å². The molecule has 0 spiro atoms. The van der Waals surface area contributed by atoms with Crippen LogP contribution in [-0.4, -0.2) is 62.9 Å². The van der Waals surface area contributed by atoms with Crippen molar-refractivity contribution >= 4 is 33.8 Å². The maximum Gasteiger partial charge on any atom is 0.305 e. The van der Waals surface area contributed by atoms with Gasteiger partial charge in [0.1, 0.15) is 25.2 Å². The molecule has 1 aromatic rings. The van der Waals surface area contributed by atoms with Crippen LogP contribution < -0.4 is 4.74 Å². The molecule has 0 aliphatic carbocycles. The summed E-state index contributed by atoms with van der Waals surface area (Å²) in [6, 6.07) is 6.92. The molecule has 1 aliphatic rings. The number of hydrogen-bond donors (Lipinski definition) is 0. The average molecular weight is 443 g/mol. The SMILES string of the molecule is O=Cc1ccc(OCCOCCOCCOC(=O)CCCCC2CCSS2)cc1. The largest absolute Gasteiger partial charge is 0.491 e. The number of benzene rings is 1. The number of unbranched alkanes of at least 4 members (excludes halogenated alkanes) is 1. The van der Waals surface area contributed by atoms with Gasteiger partial charge in [-0.15, -0.1) is 0 Å².